The monoisotopic (exact) mass is 444 g/mol. The molecule has 5 nitrogen and oxygen atoms in total. The highest BCUT2D eigenvalue weighted by molar-refractivity contribution is 7.20. The van der Waals surface area contributed by atoms with Gasteiger partial charge in [-0.05, 0) is 43.3 Å². The van der Waals surface area contributed by atoms with E-state index in [0.717, 1.165) is 21.5 Å². The van der Waals surface area contributed by atoms with Crippen molar-refractivity contribution in [1.82, 2.24) is 14.8 Å². The summed E-state index contributed by atoms with van der Waals surface area (Å²) in [5.74, 6) is 0. The fraction of sp³-hybridized carbons (Fsp3) is 0.0417. The minimum atomic E-state index is -0.187. The minimum absolute atomic E-state index is 0.187. The van der Waals surface area contributed by atoms with E-state index >= 15 is 0 Å². The topological polar surface area (TPSA) is 63.0 Å². The van der Waals surface area contributed by atoms with Gasteiger partial charge >= 0.3 is 0 Å². The molecule has 0 saturated carbocycles. The normalized spacial score (nSPS) is 11.9. The molecule has 0 atom stereocenters. The van der Waals surface area contributed by atoms with E-state index in [-0.39, 0.29) is 5.56 Å². The molecular weight excluding hydrogens is 428 g/mol. The predicted molar refractivity (Wildman–Crippen MR) is 128 cm³/mol. The minimum Gasteiger partial charge on any atom is -0.288 e. The van der Waals surface area contributed by atoms with Gasteiger partial charge in [-0.15, -0.1) is 0 Å². The van der Waals surface area contributed by atoms with Crippen molar-refractivity contribution in [1.29, 1.82) is 0 Å². The number of para-hydroxylation sites is 1. The number of benzene rings is 3. The number of aliphatic imine (C=N–C) groups is 1. The number of rotatable bonds is 4. The molecule has 7 heteroatoms. The molecule has 152 valence electrons. The van der Waals surface area contributed by atoms with E-state index in [2.05, 4.69) is 15.1 Å². The second kappa shape index (κ2) is 7.98. The van der Waals surface area contributed by atoms with E-state index in [4.69, 9.17) is 11.6 Å². The molecule has 0 aliphatic rings. The summed E-state index contributed by atoms with van der Waals surface area (Å²) < 4.78 is 2.52. The van der Waals surface area contributed by atoms with Crippen molar-refractivity contribution in [2.24, 2.45) is 4.99 Å². The van der Waals surface area contributed by atoms with Gasteiger partial charge in [0.15, 0.2) is 0 Å². The second-order valence-electron chi connectivity index (χ2n) is 7.01. The van der Waals surface area contributed by atoms with Gasteiger partial charge in [-0.3, -0.25) is 14.9 Å². The average molecular weight is 445 g/mol. The molecule has 0 aliphatic heterocycles. The first-order valence-corrected chi connectivity index (χ1v) is 10.9. The molecule has 2 aromatic heterocycles. The van der Waals surface area contributed by atoms with E-state index in [9.17, 15) is 4.79 Å². The lowest BCUT2D eigenvalue weighted by atomic mass is 10.1. The summed E-state index contributed by atoms with van der Waals surface area (Å²) in [7, 11) is 0. The number of hydrogen-bond donors (Lipinski definition) is 1. The summed E-state index contributed by atoms with van der Waals surface area (Å²) in [4.78, 5) is 22.8. The van der Waals surface area contributed by atoms with Gasteiger partial charge in [-0.2, -0.15) is 4.68 Å². The predicted octanol–water partition coefficient (Wildman–Crippen LogP) is 6.24. The fourth-order valence-corrected chi connectivity index (χ4v) is 4.49. The Bertz CT molecular complexity index is 1430. The molecule has 3 aromatic carbocycles. The van der Waals surface area contributed by atoms with Gasteiger partial charge < -0.3 is 0 Å². The molecule has 0 unspecified atom stereocenters. The summed E-state index contributed by atoms with van der Waals surface area (Å²) in [6, 6.07) is 24.8. The molecular formula is C24H17ClN4OS. The van der Waals surface area contributed by atoms with Crippen LogP contribution in [0, 0.1) is 0 Å². The largest absolute Gasteiger partial charge is 0.288 e. The van der Waals surface area contributed by atoms with Crippen molar-refractivity contribution >= 4 is 44.6 Å². The standard InChI is InChI=1S/C24H17ClN4OS/c1-15(26-18-13-11-17(25)12-14-18)21-22(16-7-3-2-4-8-16)28-29(23(21)30)24-27-19-9-5-6-10-20(19)31-24/h2-14,28H,1H3. The molecule has 0 fully saturated rings. The molecule has 0 aliphatic carbocycles. The number of fused-ring (bicyclic) bond motifs is 1. The van der Waals surface area contributed by atoms with Crippen LogP contribution in [0.15, 0.2) is 88.6 Å². The van der Waals surface area contributed by atoms with E-state index in [1.54, 1.807) is 12.1 Å². The van der Waals surface area contributed by atoms with Crippen LogP contribution in [0.5, 0.6) is 0 Å². The molecule has 0 spiro atoms. The fourth-order valence-electron chi connectivity index (χ4n) is 3.44. The van der Waals surface area contributed by atoms with Crippen molar-refractivity contribution in [2.75, 3.05) is 0 Å². The van der Waals surface area contributed by atoms with Crippen molar-refractivity contribution in [2.45, 2.75) is 6.92 Å². The average Bonchev–Trinajstić information content (AvgIpc) is 3.37. The molecule has 1 N–H and O–H groups in total. The second-order valence-corrected chi connectivity index (χ2v) is 8.45. The van der Waals surface area contributed by atoms with Crippen molar-refractivity contribution in [3.05, 3.63) is 99.8 Å². The Kier molecular flexibility index (Phi) is 5.02. The third-order valence-electron chi connectivity index (χ3n) is 4.91. The lowest BCUT2D eigenvalue weighted by molar-refractivity contribution is 0.845. The molecule has 0 amide bonds. The Labute approximate surface area is 187 Å². The Morgan fingerprint density at radius 3 is 2.45 bits per heavy atom. The summed E-state index contributed by atoms with van der Waals surface area (Å²) in [6.45, 7) is 1.84. The van der Waals surface area contributed by atoms with Crippen molar-refractivity contribution in [3.8, 4) is 16.4 Å². The van der Waals surface area contributed by atoms with Crippen LogP contribution in [-0.2, 0) is 0 Å². The smallest absolute Gasteiger partial charge is 0.283 e. The third-order valence-corrected chi connectivity index (χ3v) is 6.19. The van der Waals surface area contributed by atoms with Gasteiger partial charge in [0.25, 0.3) is 5.56 Å². The zero-order chi connectivity index (χ0) is 21.4. The van der Waals surface area contributed by atoms with Crippen LogP contribution in [0.1, 0.15) is 12.5 Å². The van der Waals surface area contributed by atoms with Crippen molar-refractivity contribution in [3.63, 3.8) is 0 Å². The summed E-state index contributed by atoms with van der Waals surface area (Å²) >= 11 is 7.45. The van der Waals surface area contributed by atoms with Gasteiger partial charge in [0.05, 0.1) is 32.9 Å². The molecule has 5 rings (SSSR count). The maximum absolute atomic E-state index is 13.5. The van der Waals surface area contributed by atoms with E-state index in [1.165, 1.54) is 16.0 Å². The van der Waals surface area contributed by atoms with Crippen LogP contribution in [0.25, 0.3) is 26.6 Å². The first-order valence-electron chi connectivity index (χ1n) is 9.68. The Balaban J connectivity index is 1.71. The first kappa shape index (κ1) is 19.5. The number of aromatic nitrogens is 3. The van der Waals surface area contributed by atoms with Gasteiger partial charge in [0.1, 0.15) is 0 Å². The Hall–Kier alpha value is -3.48. The van der Waals surface area contributed by atoms with Crippen molar-refractivity contribution < 1.29 is 0 Å². The van der Waals surface area contributed by atoms with Crippen LogP contribution in [0.2, 0.25) is 5.02 Å². The van der Waals surface area contributed by atoms with Crippen LogP contribution in [0.4, 0.5) is 5.69 Å². The molecule has 5 aromatic rings. The highest BCUT2D eigenvalue weighted by atomic mass is 35.5. The number of aromatic amines is 1. The molecule has 2 heterocycles. The zero-order valence-electron chi connectivity index (χ0n) is 16.5. The van der Waals surface area contributed by atoms with E-state index < -0.39 is 0 Å². The summed E-state index contributed by atoms with van der Waals surface area (Å²) in [5, 5.41) is 4.50. The van der Waals surface area contributed by atoms with Gasteiger partial charge in [-0.25, -0.2) is 4.98 Å². The van der Waals surface area contributed by atoms with Gasteiger partial charge in [0.2, 0.25) is 5.13 Å². The zero-order valence-corrected chi connectivity index (χ0v) is 18.1. The summed E-state index contributed by atoms with van der Waals surface area (Å²) in [6.07, 6.45) is 0. The van der Waals surface area contributed by atoms with Crippen LogP contribution >= 0.6 is 22.9 Å². The number of hydrogen-bond acceptors (Lipinski definition) is 4. The van der Waals surface area contributed by atoms with E-state index in [1.807, 2.05) is 73.7 Å². The van der Waals surface area contributed by atoms with Crippen LogP contribution in [-0.4, -0.2) is 20.5 Å². The molecule has 31 heavy (non-hydrogen) atoms. The lowest BCUT2D eigenvalue weighted by Gasteiger charge is -2.03. The highest BCUT2D eigenvalue weighted by Gasteiger charge is 2.21. The number of thiazole rings is 1. The Morgan fingerprint density at radius 1 is 1.00 bits per heavy atom. The highest BCUT2D eigenvalue weighted by Crippen LogP contribution is 2.27. The summed E-state index contributed by atoms with van der Waals surface area (Å²) in [5.41, 5.74) is 4.14. The van der Waals surface area contributed by atoms with Gasteiger partial charge in [-0.1, -0.05) is 65.4 Å². The molecule has 0 radical (unpaired) electrons. The number of H-pyrrole nitrogens is 1. The van der Waals surface area contributed by atoms with Crippen LogP contribution in [0.3, 0.4) is 0 Å². The molecule has 0 saturated heterocycles. The quantitative estimate of drug-likeness (QED) is 0.333. The van der Waals surface area contributed by atoms with Gasteiger partial charge in [0, 0.05) is 10.6 Å². The maximum atomic E-state index is 13.5. The lowest BCUT2D eigenvalue weighted by Crippen LogP contribution is -2.19. The Morgan fingerprint density at radius 2 is 1.71 bits per heavy atom. The number of nitrogens with one attached hydrogen (secondary N) is 1. The van der Waals surface area contributed by atoms with Crippen LogP contribution < -0.4 is 5.56 Å². The van der Waals surface area contributed by atoms with E-state index in [0.29, 0.717) is 27.1 Å². The third kappa shape index (κ3) is 3.71. The maximum Gasteiger partial charge on any atom is 0.283 e. The first-order chi connectivity index (χ1) is 15.1. The SMILES string of the molecule is CC(=Nc1ccc(Cl)cc1)c1c(-c2ccccc2)[nH]n(-c2nc3ccccc3s2)c1=O. The number of halogens is 1. The number of nitrogens with zero attached hydrogens (tertiary/aromatic N) is 3. The molecule has 0 bridgehead atoms.